The van der Waals surface area contributed by atoms with Gasteiger partial charge in [-0.05, 0) is 0 Å². The Hall–Kier alpha value is -1.14. The van der Waals surface area contributed by atoms with Crippen molar-refractivity contribution in [3.63, 3.8) is 0 Å². The number of aromatic nitrogens is 2. The maximum absolute atomic E-state index is 12.5. The van der Waals surface area contributed by atoms with E-state index in [0.29, 0.717) is 0 Å². The first-order valence-corrected chi connectivity index (χ1v) is 4.18. The highest BCUT2D eigenvalue weighted by molar-refractivity contribution is 4.77. The average Bonchev–Trinajstić information content (AvgIpc) is 2.46. The first-order valence-electron chi connectivity index (χ1n) is 4.18. The zero-order chi connectivity index (χ0) is 11.7. The van der Waals surface area contributed by atoms with E-state index in [1.165, 1.54) is 17.1 Å². The lowest BCUT2D eigenvalue weighted by Gasteiger charge is -2.18. The highest BCUT2D eigenvalue weighted by atomic mass is 19.4. The summed E-state index contributed by atoms with van der Waals surface area (Å²) in [6, 6.07) is 0. The number of nitrogens with zero attached hydrogens (tertiary/aromatic N) is 2. The van der Waals surface area contributed by atoms with Gasteiger partial charge >= 0.3 is 12.1 Å². The molecule has 0 aliphatic heterocycles. The molecule has 86 valence electrons. The highest BCUT2D eigenvalue weighted by Gasteiger charge is 2.57. The number of imidazole rings is 1. The van der Waals surface area contributed by atoms with Crippen LogP contribution in [0.5, 0.6) is 0 Å². The summed E-state index contributed by atoms with van der Waals surface area (Å²) in [6.45, 7) is -0.368. The second-order valence-corrected chi connectivity index (χ2v) is 3.27. The summed E-state index contributed by atoms with van der Waals surface area (Å²) in [7, 11) is 1.65. The smallest absolute Gasteiger partial charge is 0.240 e. The standard InChI is InChI=1S/C8H10F5N2/c1-14-4-5-15(6-14)3-2-7(9,10)8(11,12)13/h4-6H,2-3H2,1H3/q+1. The van der Waals surface area contributed by atoms with Gasteiger partial charge in [0.1, 0.15) is 12.4 Å². The van der Waals surface area contributed by atoms with Gasteiger partial charge in [-0.2, -0.15) is 22.0 Å². The summed E-state index contributed by atoms with van der Waals surface area (Å²) >= 11 is 0. The van der Waals surface area contributed by atoms with Crippen molar-refractivity contribution in [3.05, 3.63) is 18.7 Å². The summed E-state index contributed by atoms with van der Waals surface area (Å²) in [5, 5.41) is 0. The van der Waals surface area contributed by atoms with E-state index in [9.17, 15) is 22.0 Å². The summed E-state index contributed by atoms with van der Waals surface area (Å²) in [5.74, 6) is -4.63. The lowest BCUT2D eigenvalue weighted by atomic mass is 10.2. The molecule has 0 N–H and O–H groups in total. The van der Waals surface area contributed by atoms with Crippen molar-refractivity contribution in [2.45, 2.75) is 25.1 Å². The van der Waals surface area contributed by atoms with Gasteiger partial charge in [0, 0.05) is 0 Å². The number of hydrogen-bond acceptors (Lipinski definition) is 0. The Kier molecular flexibility index (Phi) is 3.01. The fourth-order valence-electron chi connectivity index (χ4n) is 1.05. The fraction of sp³-hybridized carbons (Fsp3) is 0.625. The second-order valence-electron chi connectivity index (χ2n) is 3.27. The first kappa shape index (κ1) is 11.9. The van der Waals surface area contributed by atoms with Crippen molar-refractivity contribution in [1.29, 1.82) is 0 Å². The van der Waals surface area contributed by atoms with Crippen molar-refractivity contribution < 1.29 is 26.5 Å². The molecule has 0 unspecified atom stereocenters. The van der Waals surface area contributed by atoms with Gasteiger partial charge < -0.3 is 0 Å². The van der Waals surface area contributed by atoms with E-state index in [1.807, 2.05) is 0 Å². The van der Waals surface area contributed by atoms with Gasteiger partial charge in [0.15, 0.2) is 0 Å². The fourth-order valence-corrected chi connectivity index (χ4v) is 1.05. The first-order chi connectivity index (χ1) is 6.72. The molecule has 1 aromatic heterocycles. The molecule has 1 heterocycles. The molecule has 0 saturated heterocycles. The van der Waals surface area contributed by atoms with Crippen LogP contribution in [0, 0.1) is 0 Å². The number of halogens is 5. The molecule has 0 amide bonds. The Bertz CT molecular complexity index is 328. The molecule has 0 saturated carbocycles. The maximum atomic E-state index is 12.5. The van der Waals surface area contributed by atoms with Crippen LogP contribution in [-0.4, -0.2) is 16.7 Å². The Morgan fingerprint density at radius 3 is 2.20 bits per heavy atom. The van der Waals surface area contributed by atoms with Crippen LogP contribution in [0.1, 0.15) is 6.42 Å². The number of aryl methyl sites for hydroxylation is 2. The molecule has 0 bridgehead atoms. The predicted octanol–water partition coefficient (Wildman–Crippen LogP) is 1.90. The molecular formula is C8H10F5N2+. The van der Waals surface area contributed by atoms with Gasteiger partial charge in [0.25, 0.3) is 0 Å². The third-order valence-electron chi connectivity index (χ3n) is 1.92. The summed E-state index contributed by atoms with van der Waals surface area (Å²) in [5.41, 5.74) is 0. The van der Waals surface area contributed by atoms with E-state index < -0.39 is 18.5 Å². The van der Waals surface area contributed by atoms with Crippen LogP contribution in [0.4, 0.5) is 22.0 Å². The van der Waals surface area contributed by atoms with Gasteiger partial charge in [-0.15, -0.1) is 0 Å². The summed E-state index contributed by atoms with van der Waals surface area (Å²) in [4.78, 5) is 0. The normalized spacial score (nSPS) is 13.2. The molecular weight excluding hydrogens is 219 g/mol. The van der Waals surface area contributed by atoms with Crippen LogP contribution in [0.15, 0.2) is 18.7 Å². The molecule has 0 aliphatic carbocycles. The Labute approximate surface area is 82.9 Å². The van der Waals surface area contributed by atoms with E-state index in [-0.39, 0.29) is 6.54 Å². The molecule has 0 spiro atoms. The number of rotatable bonds is 3. The zero-order valence-corrected chi connectivity index (χ0v) is 7.93. The summed E-state index contributed by atoms with van der Waals surface area (Å²) < 4.78 is 63.1. The van der Waals surface area contributed by atoms with Gasteiger partial charge in [0.05, 0.1) is 20.0 Å². The van der Waals surface area contributed by atoms with Gasteiger partial charge in [-0.1, -0.05) is 0 Å². The number of alkyl halides is 5. The Morgan fingerprint density at radius 2 is 1.80 bits per heavy atom. The van der Waals surface area contributed by atoms with Crippen molar-refractivity contribution >= 4 is 0 Å². The van der Waals surface area contributed by atoms with Crippen molar-refractivity contribution in [1.82, 2.24) is 4.57 Å². The van der Waals surface area contributed by atoms with Gasteiger partial charge in [-0.3, -0.25) is 0 Å². The van der Waals surface area contributed by atoms with Crippen molar-refractivity contribution in [2.75, 3.05) is 0 Å². The van der Waals surface area contributed by atoms with E-state index in [1.54, 1.807) is 17.8 Å². The quantitative estimate of drug-likeness (QED) is 0.553. The second kappa shape index (κ2) is 3.79. The van der Waals surface area contributed by atoms with E-state index >= 15 is 0 Å². The van der Waals surface area contributed by atoms with Crippen LogP contribution in [0.3, 0.4) is 0 Å². The molecule has 2 nitrogen and oxygen atoms in total. The SMILES string of the molecule is C[n+]1ccn(CCC(F)(F)C(F)(F)F)c1. The largest absolute Gasteiger partial charge is 0.453 e. The highest BCUT2D eigenvalue weighted by Crippen LogP contribution is 2.38. The Balaban J connectivity index is 2.57. The van der Waals surface area contributed by atoms with E-state index in [2.05, 4.69) is 0 Å². The van der Waals surface area contributed by atoms with Gasteiger partial charge in [0.2, 0.25) is 6.33 Å². The van der Waals surface area contributed by atoms with Crippen LogP contribution >= 0.6 is 0 Å². The lowest BCUT2D eigenvalue weighted by Crippen LogP contribution is -2.37. The molecule has 1 aromatic rings. The molecule has 15 heavy (non-hydrogen) atoms. The van der Waals surface area contributed by atoms with Crippen LogP contribution in [0.25, 0.3) is 0 Å². The molecule has 0 atom stereocenters. The number of hydrogen-bond donors (Lipinski definition) is 0. The third-order valence-corrected chi connectivity index (χ3v) is 1.92. The maximum Gasteiger partial charge on any atom is 0.453 e. The monoisotopic (exact) mass is 229 g/mol. The molecule has 0 radical (unpaired) electrons. The predicted molar refractivity (Wildman–Crippen MR) is 41.2 cm³/mol. The van der Waals surface area contributed by atoms with Crippen LogP contribution < -0.4 is 4.57 Å². The van der Waals surface area contributed by atoms with Gasteiger partial charge in [-0.25, -0.2) is 9.13 Å². The topological polar surface area (TPSA) is 8.81 Å². The molecule has 0 aromatic carbocycles. The molecule has 1 rings (SSSR count). The Morgan fingerprint density at radius 1 is 1.20 bits per heavy atom. The van der Waals surface area contributed by atoms with E-state index in [0.717, 1.165) is 0 Å². The van der Waals surface area contributed by atoms with Crippen LogP contribution in [-0.2, 0) is 13.6 Å². The lowest BCUT2D eigenvalue weighted by molar-refractivity contribution is -0.671. The molecule has 0 aliphatic rings. The average molecular weight is 229 g/mol. The molecule has 0 fully saturated rings. The minimum Gasteiger partial charge on any atom is -0.240 e. The summed E-state index contributed by atoms with van der Waals surface area (Å²) in [6.07, 6.45) is -2.28. The minimum atomic E-state index is -5.47. The van der Waals surface area contributed by atoms with Crippen molar-refractivity contribution in [2.24, 2.45) is 7.05 Å². The van der Waals surface area contributed by atoms with Crippen molar-refractivity contribution in [3.8, 4) is 0 Å². The molecule has 7 heteroatoms. The zero-order valence-electron chi connectivity index (χ0n) is 7.93. The van der Waals surface area contributed by atoms with E-state index in [4.69, 9.17) is 0 Å². The third kappa shape index (κ3) is 2.90. The van der Waals surface area contributed by atoms with Crippen LogP contribution in [0.2, 0.25) is 0 Å². The minimum absolute atomic E-state index is 0.368.